The molecule has 1 heterocycles. The molecule has 0 radical (unpaired) electrons. The Morgan fingerprint density at radius 2 is 2.50 bits per heavy atom. The lowest BCUT2D eigenvalue weighted by atomic mass is 10.4. The van der Waals surface area contributed by atoms with Gasteiger partial charge in [-0.15, -0.1) is 0 Å². The van der Waals surface area contributed by atoms with Crippen LogP contribution in [0.3, 0.4) is 0 Å². The maximum absolute atomic E-state index is 10.4. The number of carbonyl (C=O) groups excluding carboxylic acids is 1. The molecule has 0 atom stereocenters. The largest absolute Gasteiger partial charge is 0.449 e. The van der Waals surface area contributed by atoms with E-state index in [4.69, 9.17) is 0 Å². The van der Waals surface area contributed by atoms with Crippen molar-refractivity contribution >= 4 is 5.97 Å². The van der Waals surface area contributed by atoms with Gasteiger partial charge in [-0.2, -0.15) is 0 Å². The molecule has 1 aliphatic rings. The van der Waals surface area contributed by atoms with Crippen LogP contribution in [0.25, 0.3) is 0 Å². The van der Waals surface area contributed by atoms with Crippen LogP contribution in [-0.2, 0) is 9.53 Å². The molecule has 0 N–H and O–H groups in total. The summed E-state index contributed by atoms with van der Waals surface area (Å²) in [5, 5.41) is 0. The van der Waals surface area contributed by atoms with Crippen molar-refractivity contribution in [3.8, 4) is 0 Å². The van der Waals surface area contributed by atoms with Crippen molar-refractivity contribution in [2.75, 3.05) is 20.3 Å². The number of ether oxygens (including phenoxy) is 1. The van der Waals surface area contributed by atoms with Gasteiger partial charge in [0, 0.05) is 6.54 Å². The van der Waals surface area contributed by atoms with Gasteiger partial charge in [0.15, 0.2) is 0 Å². The molecule has 0 amide bonds. The van der Waals surface area contributed by atoms with Crippen LogP contribution in [0.5, 0.6) is 0 Å². The third-order valence-corrected chi connectivity index (χ3v) is 1.14. The minimum atomic E-state index is -0.0805. The molecule has 0 aliphatic carbocycles. The molecule has 3 nitrogen and oxygen atoms in total. The lowest BCUT2D eigenvalue weighted by molar-refractivity contribution is -0.153. The van der Waals surface area contributed by atoms with Crippen LogP contribution in [0, 0.1) is 0 Å². The third kappa shape index (κ3) is 1.20. The molecule has 0 saturated carbocycles. The van der Waals surface area contributed by atoms with Crippen molar-refractivity contribution < 1.29 is 9.53 Å². The lowest BCUT2D eigenvalue weighted by Crippen LogP contribution is -2.32. The van der Waals surface area contributed by atoms with E-state index in [0.29, 0.717) is 13.2 Å². The summed E-state index contributed by atoms with van der Waals surface area (Å²) in [5.41, 5.74) is 0. The minimum absolute atomic E-state index is 0.0805. The van der Waals surface area contributed by atoms with Gasteiger partial charge in [-0.1, -0.05) is 0 Å². The highest BCUT2D eigenvalue weighted by molar-refractivity contribution is 5.70. The fraction of sp³-hybridized carbons (Fsp3) is 0.800. The van der Waals surface area contributed by atoms with E-state index in [0.717, 1.165) is 6.54 Å². The molecule has 1 aliphatic heterocycles. The first-order chi connectivity index (χ1) is 3.79. The Kier molecular flexibility index (Phi) is 1.48. The lowest BCUT2D eigenvalue weighted by Gasteiger charge is -2.20. The first kappa shape index (κ1) is 5.56. The van der Waals surface area contributed by atoms with E-state index in [1.807, 2.05) is 11.9 Å². The van der Waals surface area contributed by atoms with Crippen molar-refractivity contribution in [2.24, 2.45) is 0 Å². The summed E-state index contributed by atoms with van der Waals surface area (Å²) in [6.07, 6.45) is 0.538. The molecule has 1 saturated heterocycles. The molecule has 0 spiro atoms. The van der Waals surface area contributed by atoms with Gasteiger partial charge >= 0.3 is 5.97 Å². The van der Waals surface area contributed by atoms with Gasteiger partial charge in [-0.05, 0) is 7.05 Å². The molecule has 3 heteroatoms. The number of esters is 1. The monoisotopic (exact) mass is 115 g/mol. The van der Waals surface area contributed by atoms with E-state index in [9.17, 15) is 4.79 Å². The Balaban J connectivity index is 2.29. The zero-order valence-electron chi connectivity index (χ0n) is 4.89. The van der Waals surface area contributed by atoms with Crippen LogP contribution in [0.15, 0.2) is 0 Å². The van der Waals surface area contributed by atoms with Crippen molar-refractivity contribution in [1.29, 1.82) is 0 Å². The van der Waals surface area contributed by atoms with Gasteiger partial charge in [0.1, 0.15) is 6.73 Å². The van der Waals surface area contributed by atoms with E-state index < -0.39 is 0 Å². The molecular formula is C5H9NO2. The number of rotatable bonds is 0. The first-order valence-electron chi connectivity index (χ1n) is 2.63. The summed E-state index contributed by atoms with van der Waals surface area (Å²) < 4.78 is 4.68. The van der Waals surface area contributed by atoms with Gasteiger partial charge in [-0.3, -0.25) is 9.69 Å². The van der Waals surface area contributed by atoms with Crippen LogP contribution in [0.2, 0.25) is 0 Å². The van der Waals surface area contributed by atoms with Crippen molar-refractivity contribution in [3.05, 3.63) is 0 Å². The summed E-state index contributed by atoms with van der Waals surface area (Å²) in [6.45, 7) is 1.29. The van der Waals surface area contributed by atoms with Crippen LogP contribution in [-0.4, -0.2) is 31.2 Å². The summed E-state index contributed by atoms with van der Waals surface area (Å²) in [4.78, 5) is 12.3. The third-order valence-electron chi connectivity index (χ3n) is 1.14. The van der Waals surface area contributed by atoms with E-state index in [2.05, 4.69) is 4.74 Å². The molecule has 1 fully saturated rings. The van der Waals surface area contributed by atoms with Crippen LogP contribution in [0.4, 0.5) is 0 Å². The van der Waals surface area contributed by atoms with Gasteiger partial charge in [0.25, 0.3) is 0 Å². The Hall–Kier alpha value is -0.570. The predicted octanol–water partition coefficient (Wildman–Crippen LogP) is -0.177. The molecular weight excluding hydrogens is 106 g/mol. The number of cyclic esters (lactones) is 1. The molecule has 0 aromatic heterocycles. The average molecular weight is 115 g/mol. The molecule has 46 valence electrons. The average Bonchev–Trinajstić information content (AvgIpc) is 1.77. The first-order valence-corrected chi connectivity index (χ1v) is 2.63. The zero-order chi connectivity index (χ0) is 5.98. The molecule has 0 bridgehead atoms. The standard InChI is InChI=1S/C5H9NO2/c1-6-3-2-5(7)8-4-6/h2-4H2,1H3. The second-order valence-electron chi connectivity index (χ2n) is 1.98. The fourth-order valence-corrected chi connectivity index (χ4v) is 0.601. The quantitative estimate of drug-likeness (QED) is 0.410. The smallest absolute Gasteiger partial charge is 0.308 e. The van der Waals surface area contributed by atoms with Crippen LogP contribution >= 0.6 is 0 Å². The summed E-state index contributed by atoms with van der Waals surface area (Å²) in [5.74, 6) is -0.0805. The highest BCUT2D eigenvalue weighted by Gasteiger charge is 2.11. The van der Waals surface area contributed by atoms with E-state index in [-0.39, 0.29) is 5.97 Å². The number of hydrogen-bond donors (Lipinski definition) is 0. The van der Waals surface area contributed by atoms with E-state index in [1.165, 1.54) is 0 Å². The van der Waals surface area contributed by atoms with Gasteiger partial charge in [0.2, 0.25) is 0 Å². The Morgan fingerprint density at radius 3 is 2.88 bits per heavy atom. The summed E-state index contributed by atoms with van der Waals surface area (Å²) in [6, 6.07) is 0. The zero-order valence-corrected chi connectivity index (χ0v) is 4.89. The number of carbonyl (C=O) groups is 1. The van der Waals surface area contributed by atoms with Gasteiger partial charge < -0.3 is 4.74 Å². The van der Waals surface area contributed by atoms with Crippen molar-refractivity contribution in [2.45, 2.75) is 6.42 Å². The summed E-state index contributed by atoms with van der Waals surface area (Å²) in [7, 11) is 1.92. The Labute approximate surface area is 48.2 Å². The van der Waals surface area contributed by atoms with Gasteiger partial charge in [0.05, 0.1) is 6.42 Å². The van der Waals surface area contributed by atoms with Crippen molar-refractivity contribution in [3.63, 3.8) is 0 Å². The second kappa shape index (κ2) is 2.13. The predicted molar refractivity (Wildman–Crippen MR) is 28.2 cm³/mol. The Morgan fingerprint density at radius 1 is 1.75 bits per heavy atom. The Bertz CT molecular complexity index is 92.6. The van der Waals surface area contributed by atoms with Crippen LogP contribution in [0.1, 0.15) is 6.42 Å². The minimum Gasteiger partial charge on any atom is -0.449 e. The maximum atomic E-state index is 10.4. The highest BCUT2D eigenvalue weighted by atomic mass is 16.5. The van der Waals surface area contributed by atoms with Gasteiger partial charge in [-0.25, -0.2) is 0 Å². The maximum Gasteiger partial charge on any atom is 0.308 e. The SMILES string of the molecule is CN1CCC(=O)OC1. The molecule has 8 heavy (non-hydrogen) atoms. The van der Waals surface area contributed by atoms with Crippen LogP contribution < -0.4 is 0 Å². The fourth-order valence-electron chi connectivity index (χ4n) is 0.601. The topological polar surface area (TPSA) is 29.5 Å². The van der Waals surface area contributed by atoms with E-state index >= 15 is 0 Å². The molecule has 0 unspecified atom stereocenters. The number of nitrogens with zero attached hydrogens (tertiary/aromatic N) is 1. The van der Waals surface area contributed by atoms with Crippen molar-refractivity contribution in [1.82, 2.24) is 4.90 Å². The normalized spacial score (nSPS) is 22.9. The molecule has 0 aromatic rings. The van der Waals surface area contributed by atoms with E-state index in [1.54, 1.807) is 0 Å². The summed E-state index contributed by atoms with van der Waals surface area (Å²) >= 11 is 0. The second-order valence-corrected chi connectivity index (χ2v) is 1.98. The number of hydrogen-bond acceptors (Lipinski definition) is 3. The molecule has 0 aromatic carbocycles. The highest BCUT2D eigenvalue weighted by Crippen LogP contribution is 1.97. The molecule has 1 rings (SSSR count).